The highest BCUT2D eigenvalue weighted by molar-refractivity contribution is 6.09. The zero-order valence-electron chi connectivity index (χ0n) is 16.9. The van der Waals surface area contributed by atoms with Gasteiger partial charge in [0, 0.05) is 28.6 Å². The Hall–Kier alpha value is -2.79. The molecule has 4 rings (SSSR count). The minimum Gasteiger partial charge on any atom is -0.493 e. The summed E-state index contributed by atoms with van der Waals surface area (Å²) in [6.07, 6.45) is 0.926. The number of ether oxygens (including phenoxy) is 2. The first kappa shape index (κ1) is 18.6. The number of nitrogens with one attached hydrogen (secondary N) is 2. The number of hydrogen-bond acceptors (Lipinski definition) is 3. The molecule has 3 aromatic rings. The number of H-pyrrole nitrogens is 1. The van der Waals surface area contributed by atoms with Crippen molar-refractivity contribution in [3.8, 4) is 11.5 Å². The normalized spacial score (nSPS) is 18.7. The third-order valence-electron chi connectivity index (χ3n) is 6.00. The van der Waals surface area contributed by atoms with E-state index in [1.807, 2.05) is 31.2 Å². The minimum atomic E-state index is 0.195. The van der Waals surface area contributed by atoms with Crippen LogP contribution in [0.3, 0.4) is 0 Å². The predicted octanol–water partition coefficient (Wildman–Crippen LogP) is 2.88. The zero-order valence-corrected chi connectivity index (χ0v) is 16.9. The number of methoxy groups -OCH3 is 2. The average molecular weight is 379 g/mol. The number of benzene rings is 2. The molecule has 5 heteroatoms. The molecule has 28 heavy (non-hydrogen) atoms. The number of aromatic nitrogens is 1. The van der Waals surface area contributed by atoms with Gasteiger partial charge in [0.25, 0.3) is 0 Å². The van der Waals surface area contributed by atoms with Crippen molar-refractivity contribution < 1.29 is 19.2 Å². The third kappa shape index (κ3) is 3.06. The zero-order chi connectivity index (χ0) is 19.8. The molecule has 0 saturated heterocycles. The maximum absolute atomic E-state index is 13.2. The van der Waals surface area contributed by atoms with E-state index in [0.717, 1.165) is 46.6 Å². The molecule has 2 heterocycles. The summed E-state index contributed by atoms with van der Waals surface area (Å²) >= 11 is 0. The third-order valence-corrected chi connectivity index (χ3v) is 6.00. The number of fused-ring (bicyclic) bond motifs is 2. The van der Waals surface area contributed by atoms with E-state index < -0.39 is 0 Å². The molecule has 1 aliphatic heterocycles. The van der Waals surface area contributed by atoms with Crippen LogP contribution in [0, 0.1) is 6.92 Å². The van der Waals surface area contributed by atoms with E-state index in [4.69, 9.17) is 9.47 Å². The van der Waals surface area contributed by atoms with Crippen LogP contribution in [0.1, 0.15) is 40.1 Å². The lowest BCUT2D eigenvalue weighted by molar-refractivity contribution is -0.923. The number of aryl methyl sites for hydroxylation is 1. The molecular weight excluding hydrogens is 352 g/mol. The van der Waals surface area contributed by atoms with Gasteiger partial charge in [0.1, 0.15) is 12.6 Å². The van der Waals surface area contributed by atoms with Crippen molar-refractivity contribution >= 4 is 16.7 Å². The number of quaternary nitrogens is 1. The molecule has 0 bridgehead atoms. The Labute approximate surface area is 165 Å². The van der Waals surface area contributed by atoms with Crippen molar-refractivity contribution in [1.29, 1.82) is 0 Å². The van der Waals surface area contributed by atoms with Crippen LogP contribution in [0.5, 0.6) is 11.5 Å². The maximum Gasteiger partial charge on any atom is 0.219 e. The molecule has 0 radical (unpaired) electrons. The van der Waals surface area contributed by atoms with Crippen molar-refractivity contribution in [2.75, 3.05) is 27.3 Å². The molecule has 1 aromatic heterocycles. The molecule has 146 valence electrons. The summed E-state index contributed by atoms with van der Waals surface area (Å²) in [7, 11) is 3.32. The van der Waals surface area contributed by atoms with Gasteiger partial charge in [-0.15, -0.1) is 0 Å². The summed E-state index contributed by atoms with van der Waals surface area (Å²) in [5.41, 5.74) is 5.31. The molecule has 0 spiro atoms. The number of hydrogen-bond donors (Lipinski definition) is 2. The van der Waals surface area contributed by atoms with Gasteiger partial charge in [0.05, 0.1) is 26.3 Å². The lowest BCUT2D eigenvalue weighted by Gasteiger charge is -2.32. The summed E-state index contributed by atoms with van der Waals surface area (Å²) in [6.45, 7) is 5.58. The van der Waals surface area contributed by atoms with E-state index in [2.05, 4.69) is 24.0 Å². The van der Waals surface area contributed by atoms with Crippen LogP contribution in [0.2, 0.25) is 0 Å². The summed E-state index contributed by atoms with van der Waals surface area (Å²) < 4.78 is 10.9. The first-order valence-electron chi connectivity index (χ1n) is 9.73. The Balaban J connectivity index is 1.61. The van der Waals surface area contributed by atoms with Gasteiger partial charge >= 0.3 is 0 Å². The van der Waals surface area contributed by atoms with Gasteiger partial charge in [0.15, 0.2) is 11.5 Å². The summed E-state index contributed by atoms with van der Waals surface area (Å²) in [5.74, 6) is 1.70. The lowest BCUT2D eigenvalue weighted by atomic mass is 9.92. The van der Waals surface area contributed by atoms with E-state index in [0.29, 0.717) is 6.54 Å². The van der Waals surface area contributed by atoms with Crippen LogP contribution in [-0.4, -0.2) is 38.1 Å². The minimum absolute atomic E-state index is 0.195. The number of ketones is 1. The Bertz CT molecular complexity index is 1040. The number of aromatic amines is 1. The van der Waals surface area contributed by atoms with E-state index in [1.54, 1.807) is 14.2 Å². The van der Waals surface area contributed by atoms with E-state index >= 15 is 0 Å². The van der Waals surface area contributed by atoms with Crippen molar-refractivity contribution in [3.63, 3.8) is 0 Å². The highest BCUT2D eigenvalue weighted by Gasteiger charge is 2.31. The van der Waals surface area contributed by atoms with Crippen LogP contribution in [-0.2, 0) is 6.42 Å². The lowest BCUT2D eigenvalue weighted by Crippen LogP contribution is -3.13. The Morgan fingerprint density at radius 2 is 1.89 bits per heavy atom. The first-order chi connectivity index (χ1) is 13.5. The van der Waals surface area contributed by atoms with Crippen LogP contribution >= 0.6 is 0 Å². The van der Waals surface area contributed by atoms with E-state index in [9.17, 15) is 4.79 Å². The quantitative estimate of drug-likeness (QED) is 0.671. The molecule has 0 aliphatic carbocycles. The van der Waals surface area contributed by atoms with E-state index in [1.165, 1.54) is 16.0 Å². The van der Waals surface area contributed by atoms with Crippen LogP contribution < -0.4 is 14.4 Å². The number of Topliss-reactive ketones (excluding diaryl/α,β-unsaturated/α-hetero) is 1. The standard InChI is InChI=1S/C23H26N2O3/c1-14-23(17-7-5-6-8-19(17)24-14)20(26)13-25-10-9-16-11-21(27-3)22(28-4)12-18(16)15(25)2/h5-8,11-12,15,24H,9-10,13H2,1-4H3/p+1/t15-/m1/s1. The largest absolute Gasteiger partial charge is 0.493 e. The average Bonchev–Trinajstić information content (AvgIpc) is 3.05. The van der Waals surface area contributed by atoms with Gasteiger partial charge in [-0.05, 0) is 37.6 Å². The molecule has 0 saturated carbocycles. The fraction of sp³-hybridized carbons (Fsp3) is 0.348. The number of para-hydroxylation sites is 1. The van der Waals surface area contributed by atoms with Crippen molar-refractivity contribution in [2.24, 2.45) is 0 Å². The first-order valence-corrected chi connectivity index (χ1v) is 9.73. The number of carbonyl (C=O) groups excluding carboxylic acids is 1. The summed E-state index contributed by atoms with van der Waals surface area (Å²) in [4.78, 5) is 17.8. The fourth-order valence-electron chi connectivity index (χ4n) is 4.46. The molecule has 0 amide bonds. The maximum atomic E-state index is 13.2. The van der Waals surface area contributed by atoms with Gasteiger partial charge < -0.3 is 19.4 Å². The molecular formula is C23H27N2O3+. The van der Waals surface area contributed by atoms with E-state index in [-0.39, 0.29) is 11.8 Å². The van der Waals surface area contributed by atoms with Gasteiger partial charge in [-0.25, -0.2) is 0 Å². The molecule has 1 unspecified atom stereocenters. The van der Waals surface area contributed by atoms with Crippen molar-refractivity contribution in [1.82, 2.24) is 4.98 Å². The van der Waals surface area contributed by atoms with Gasteiger partial charge in [-0.2, -0.15) is 0 Å². The second-order valence-electron chi connectivity index (χ2n) is 7.56. The van der Waals surface area contributed by atoms with Crippen molar-refractivity contribution in [2.45, 2.75) is 26.3 Å². The summed E-state index contributed by atoms with van der Waals surface area (Å²) in [6, 6.07) is 12.4. The van der Waals surface area contributed by atoms with Crippen molar-refractivity contribution in [3.05, 3.63) is 58.8 Å². The Morgan fingerprint density at radius 3 is 2.64 bits per heavy atom. The smallest absolute Gasteiger partial charge is 0.219 e. The molecule has 2 N–H and O–H groups in total. The highest BCUT2D eigenvalue weighted by Crippen LogP contribution is 2.34. The van der Waals surface area contributed by atoms with Crippen LogP contribution in [0.25, 0.3) is 10.9 Å². The van der Waals surface area contributed by atoms with Crippen LogP contribution in [0.15, 0.2) is 36.4 Å². The highest BCUT2D eigenvalue weighted by atomic mass is 16.5. The Kier molecular flexibility index (Phi) is 4.85. The Morgan fingerprint density at radius 1 is 1.18 bits per heavy atom. The fourth-order valence-corrected chi connectivity index (χ4v) is 4.46. The molecule has 1 aliphatic rings. The van der Waals surface area contributed by atoms with Gasteiger partial charge in [0.2, 0.25) is 5.78 Å². The molecule has 2 atom stereocenters. The second-order valence-corrected chi connectivity index (χ2v) is 7.56. The SMILES string of the molecule is COc1cc2c(cc1OC)[C@@H](C)[NH+](CC(=O)c1c(C)[nH]c3ccccc13)CC2. The number of carbonyl (C=O) groups is 1. The monoisotopic (exact) mass is 379 g/mol. The molecule has 5 nitrogen and oxygen atoms in total. The van der Waals surface area contributed by atoms with Crippen LogP contribution in [0.4, 0.5) is 0 Å². The number of rotatable bonds is 5. The predicted molar refractivity (Wildman–Crippen MR) is 110 cm³/mol. The summed E-state index contributed by atoms with van der Waals surface area (Å²) in [5, 5.41) is 1.01. The molecule has 0 fully saturated rings. The topological polar surface area (TPSA) is 55.8 Å². The van der Waals surface area contributed by atoms with Gasteiger partial charge in [-0.3, -0.25) is 4.79 Å². The molecule has 2 aromatic carbocycles. The second kappa shape index (κ2) is 7.32. The van der Waals surface area contributed by atoms with Gasteiger partial charge in [-0.1, -0.05) is 18.2 Å².